The highest BCUT2D eigenvalue weighted by atomic mass is 19.1. The summed E-state index contributed by atoms with van der Waals surface area (Å²) in [5, 5.41) is 5.56. The van der Waals surface area contributed by atoms with Gasteiger partial charge in [0.25, 0.3) is 5.91 Å². The number of carbonyl (C=O) groups excluding carboxylic acids is 3. The lowest BCUT2D eigenvalue weighted by Crippen LogP contribution is -2.46. The smallest absolute Gasteiger partial charge is 0.415 e. The molecule has 32 heavy (non-hydrogen) atoms. The summed E-state index contributed by atoms with van der Waals surface area (Å²) in [6.07, 6.45) is -0.352. The van der Waals surface area contributed by atoms with Gasteiger partial charge in [0.05, 0.1) is 12.2 Å². The molecule has 0 aliphatic carbocycles. The van der Waals surface area contributed by atoms with Gasteiger partial charge in [-0.05, 0) is 36.1 Å². The van der Waals surface area contributed by atoms with Gasteiger partial charge in [-0.2, -0.15) is 0 Å². The molecule has 0 spiro atoms. The van der Waals surface area contributed by atoms with Crippen molar-refractivity contribution < 1.29 is 23.5 Å². The predicted octanol–water partition coefficient (Wildman–Crippen LogP) is 3.88. The van der Waals surface area contributed by atoms with Crippen LogP contribution in [0.4, 0.5) is 20.6 Å². The maximum Gasteiger partial charge on any atom is 0.415 e. The highest BCUT2D eigenvalue weighted by Crippen LogP contribution is 2.28. The number of nitrogens with zero attached hydrogens (tertiary/aromatic N) is 1. The molecule has 170 valence electrons. The number of cyclic esters (lactones) is 1. The molecular formula is C24H28FN3O4. The second kappa shape index (κ2) is 10.3. The van der Waals surface area contributed by atoms with Crippen LogP contribution in [-0.2, 0) is 20.7 Å². The van der Waals surface area contributed by atoms with Crippen LogP contribution < -0.4 is 15.5 Å². The SMILES string of the molecule is CC[C@@H](C)C(Cc1ccccc1)NC(=O)C1CN(c2cc(NC(C)=O)ccc2F)C(=O)O1. The van der Waals surface area contributed by atoms with Gasteiger partial charge in [-0.1, -0.05) is 50.6 Å². The molecule has 7 nitrogen and oxygen atoms in total. The molecule has 0 saturated carbocycles. The van der Waals surface area contributed by atoms with Crippen molar-refractivity contribution in [2.45, 2.75) is 45.8 Å². The number of hydrogen-bond donors (Lipinski definition) is 2. The van der Waals surface area contributed by atoms with E-state index in [9.17, 15) is 18.8 Å². The van der Waals surface area contributed by atoms with Gasteiger partial charge in [-0.15, -0.1) is 0 Å². The van der Waals surface area contributed by atoms with Crippen molar-refractivity contribution in [3.8, 4) is 0 Å². The van der Waals surface area contributed by atoms with Gasteiger partial charge in [0.1, 0.15) is 5.82 Å². The molecule has 1 heterocycles. The predicted molar refractivity (Wildman–Crippen MR) is 120 cm³/mol. The quantitative estimate of drug-likeness (QED) is 0.651. The van der Waals surface area contributed by atoms with E-state index in [1.165, 1.54) is 19.1 Å². The van der Waals surface area contributed by atoms with E-state index in [1.807, 2.05) is 30.3 Å². The van der Waals surface area contributed by atoms with E-state index in [0.29, 0.717) is 12.1 Å². The van der Waals surface area contributed by atoms with E-state index >= 15 is 0 Å². The number of benzene rings is 2. The van der Waals surface area contributed by atoms with Crippen LogP contribution in [0.15, 0.2) is 48.5 Å². The number of anilines is 2. The summed E-state index contributed by atoms with van der Waals surface area (Å²) in [6.45, 7) is 5.32. The average molecular weight is 442 g/mol. The summed E-state index contributed by atoms with van der Waals surface area (Å²) >= 11 is 0. The Morgan fingerprint density at radius 2 is 1.94 bits per heavy atom. The van der Waals surface area contributed by atoms with Crippen molar-refractivity contribution in [3.63, 3.8) is 0 Å². The third kappa shape index (κ3) is 5.63. The lowest BCUT2D eigenvalue weighted by molar-refractivity contribution is -0.128. The molecule has 0 aromatic heterocycles. The standard InChI is InChI=1S/C24H28FN3O4/c1-4-15(2)20(12-17-8-6-5-7-9-17)27-23(30)22-14-28(24(31)32-22)21-13-18(26-16(3)29)10-11-19(21)25/h5-11,13,15,20,22H,4,12,14H2,1-3H3,(H,26,29)(H,27,30)/t15-,20?,22?/m1/s1. The molecule has 3 atom stereocenters. The van der Waals surface area contributed by atoms with Crippen LogP contribution in [0.5, 0.6) is 0 Å². The van der Waals surface area contributed by atoms with E-state index < -0.39 is 23.9 Å². The van der Waals surface area contributed by atoms with E-state index in [2.05, 4.69) is 24.5 Å². The van der Waals surface area contributed by atoms with Crippen molar-refractivity contribution >= 4 is 29.3 Å². The Morgan fingerprint density at radius 3 is 2.59 bits per heavy atom. The average Bonchev–Trinajstić information content (AvgIpc) is 3.16. The highest BCUT2D eigenvalue weighted by Gasteiger charge is 2.39. The van der Waals surface area contributed by atoms with E-state index in [-0.39, 0.29) is 30.1 Å². The van der Waals surface area contributed by atoms with Crippen LogP contribution in [0, 0.1) is 11.7 Å². The number of nitrogens with one attached hydrogen (secondary N) is 2. The fourth-order valence-electron chi connectivity index (χ4n) is 3.62. The first-order chi connectivity index (χ1) is 15.3. The number of amides is 3. The zero-order chi connectivity index (χ0) is 23.3. The maximum absolute atomic E-state index is 14.4. The van der Waals surface area contributed by atoms with E-state index in [1.54, 1.807) is 0 Å². The maximum atomic E-state index is 14.4. The van der Waals surface area contributed by atoms with Crippen LogP contribution in [-0.4, -0.2) is 36.6 Å². The Morgan fingerprint density at radius 1 is 1.22 bits per heavy atom. The molecule has 1 aliphatic rings. The fraction of sp³-hybridized carbons (Fsp3) is 0.375. The van der Waals surface area contributed by atoms with Crippen LogP contribution in [0.3, 0.4) is 0 Å². The topological polar surface area (TPSA) is 87.7 Å². The largest absolute Gasteiger partial charge is 0.434 e. The van der Waals surface area contributed by atoms with E-state index in [4.69, 9.17) is 4.74 Å². The monoisotopic (exact) mass is 441 g/mol. The van der Waals surface area contributed by atoms with Gasteiger partial charge >= 0.3 is 6.09 Å². The van der Waals surface area contributed by atoms with Crippen molar-refractivity contribution in [2.24, 2.45) is 5.92 Å². The molecule has 1 aliphatic heterocycles. The van der Waals surface area contributed by atoms with E-state index in [0.717, 1.165) is 23.0 Å². The van der Waals surface area contributed by atoms with Gasteiger partial charge in [-0.3, -0.25) is 14.5 Å². The van der Waals surface area contributed by atoms with Crippen molar-refractivity contribution in [1.82, 2.24) is 5.32 Å². The third-order valence-electron chi connectivity index (χ3n) is 5.62. The van der Waals surface area contributed by atoms with Gasteiger partial charge in [0, 0.05) is 18.7 Å². The molecule has 2 aromatic carbocycles. The molecule has 3 amide bonds. The second-order valence-corrected chi connectivity index (χ2v) is 8.02. The minimum Gasteiger partial charge on any atom is -0.434 e. The van der Waals surface area contributed by atoms with Crippen LogP contribution in [0.1, 0.15) is 32.8 Å². The second-order valence-electron chi connectivity index (χ2n) is 8.02. The van der Waals surface area contributed by atoms with Gasteiger partial charge in [0.2, 0.25) is 5.91 Å². The summed E-state index contributed by atoms with van der Waals surface area (Å²) < 4.78 is 19.7. The molecular weight excluding hydrogens is 413 g/mol. The highest BCUT2D eigenvalue weighted by molar-refractivity contribution is 5.97. The van der Waals surface area contributed by atoms with Crippen LogP contribution in [0.2, 0.25) is 0 Å². The van der Waals surface area contributed by atoms with Crippen molar-refractivity contribution in [2.75, 3.05) is 16.8 Å². The lowest BCUT2D eigenvalue weighted by Gasteiger charge is -2.25. The Balaban J connectivity index is 1.72. The fourth-order valence-corrected chi connectivity index (χ4v) is 3.62. The number of hydrogen-bond acceptors (Lipinski definition) is 4. The molecule has 2 N–H and O–H groups in total. The van der Waals surface area contributed by atoms with Gasteiger partial charge in [-0.25, -0.2) is 9.18 Å². The summed E-state index contributed by atoms with van der Waals surface area (Å²) in [6, 6.07) is 13.6. The zero-order valence-electron chi connectivity index (χ0n) is 18.4. The third-order valence-corrected chi connectivity index (χ3v) is 5.62. The molecule has 0 bridgehead atoms. The molecule has 2 unspecified atom stereocenters. The molecule has 0 radical (unpaired) electrons. The normalized spacial score (nSPS) is 17.4. The van der Waals surface area contributed by atoms with Gasteiger partial charge < -0.3 is 15.4 Å². The Kier molecular flexibility index (Phi) is 7.45. The zero-order valence-corrected chi connectivity index (χ0v) is 18.4. The minimum absolute atomic E-state index is 0.0562. The Labute approximate surface area is 186 Å². The van der Waals surface area contributed by atoms with Gasteiger partial charge in [0.15, 0.2) is 6.10 Å². The summed E-state index contributed by atoms with van der Waals surface area (Å²) in [7, 11) is 0. The first-order valence-electron chi connectivity index (χ1n) is 10.7. The van der Waals surface area contributed by atoms with Crippen LogP contribution >= 0.6 is 0 Å². The molecule has 1 fully saturated rings. The first-order valence-corrected chi connectivity index (χ1v) is 10.7. The minimum atomic E-state index is -1.06. The number of ether oxygens (including phenoxy) is 1. The van der Waals surface area contributed by atoms with Crippen molar-refractivity contribution in [1.29, 1.82) is 0 Å². The molecule has 1 saturated heterocycles. The van der Waals surface area contributed by atoms with Crippen LogP contribution in [0.25, 0.3) is 0 Å². The molecule has 2 aromatic rings. The Hall–Kier alpha value is -3.42. The summed E-state index contributed by atoms with van der Waals surface area (Å²) in [5.74, 6) is -1.18. The molecule has 8 heteroatoms. The first kappa shape index (κ1) is 23.2. The summed E-state index contributed by atoms with van der Waals surface area (Å²) in [5.41, 5.74) is 1.38. The number of carbonyl (C=O) groups is 3. The number of halogens is 1. The molecule has 3 rings (SSSR count). The van der Waals surface area contributed by atoms with Crippen molar-refractivity contribution in [3.05, 3.63) is 59.9 Å². The summed E-state index contributed by atoms with van der Waals surface area (Å²) in [4.78, 5) is 37.7. The lowest BCUT2D eigenvalue weighted by atomic mass is 9.92. The Bertz CT molecular complexity index is 982. The number of rotatable bonds is 8.